The van der Waals surface area contributed by atoms with Crippen LogP contribution in [0, 0.1) is 5.92 Å². The van der Waals surface area contributed by atoms with Crippen LogP contribution in [0.3, 0.4) is 0 Å². The van der Waals surface area contributed by atoms with Crippen LogP contribution in [0.4, 0.5) is 10.6 Å². The molecule has 0 unspecified atom stereocenters. The Hall–Kier alpha value is -3.89. The van der Waals surface area contributed by atoms with Gasteiger partial charge in [-0.3, -0.25) is 14.2 Å². The lowest BCUT2D eigenvalue weighted by Gasteiger charge is -2.07. The zero-order valence-electron chi connectivity index (χ0n) is 16.9. The Morgan fingerprint density at radius 3 is 2.65 bits per heavy atom. The summed E-state index contributed by atoms with van der Waals surface area (Å²) in [5.74, 6) is -0.353. The molecule has 1 aliphatic rings. The average Bonchev–Trinajstić information content (AvgIpc) is 3.55. The Labute approximate surface area is 176 Å². The van der Waals surface area contributed by atoms with E-state index in [1.807, 2.05) is 30.3 Å². The summed E-state index contributed by atoms with van der Waals surface area (Å²) in [5.41, 5.74) is 6.20. The van der Waals surface area contributed by atoms with E-state index in [1.165, 1.54) is 4.57 Å². The van der Waals surface area contributed by atoms with Gasteiger partial charge in [-0.25, -0.2) is 19.6 Å². The Morgan fingerprint density at radius 2 is 1.97 bits per heavy atom. The molecular weight excluding hydrogens is 404 g/mol. The largest absolute Gasteiger partial charge is 0.533 e. The van der Waals surface area contributed by atoms with E-state index in [2.05, 4.69) is 15.3 Å². The molecule has 11 heteroatoms. The normalized spacial score (nSPS) is 13.2. The summed E-state index contributed by atoms with van der Waals surface area (Å²) < 4.78 is 6.72. The fourth-order valence-corrected chi connectivity index (χ4v) is 3.09. The molecule has 31 heavy (non-hydrogen) atoms. The summed E-state index contributed by atoms with van der Waals surface area (Å²) in [7, 11) is 0. The summed E-state index contributed by atoms with van der Waals surface area (Å²) in [5, 5.41) is 2.77. The number of aromatic nitrogens is 4. The number of ether oxygens (including phenoxy) is 1. The van der Waals surface area contributed by atoms with Gasteiger partial charge in [0.2, 0.25) is 5.82 Å². The molecule has 1 aliphatic carbocycles. The lowest BCUT2D eigenvalue weighted by atomic mass is 10.2. The molecule has 0 radical (unpaired) electrons. The topological polar surface area (TPSA) is 143 Å². The summed E-state index contributed by atoms with van der Waals surface area (Å²) in [6, 6.07) is 9.16. The first-order valence-corrected chi connectivity index (χ1v) is 9.94. The van der Waals surface area contributed by atoms with Gasteiger partial charge in [-0.1, -0.05) is 30.3 Å². The lowest BCUT2D eigenvalue weighted by molar-refractivity contribution is 0.0515. The van der Waals surface area contributed by atoms with Gasteiger partial charge in [-0.15, -0.1) is 4.73 Å². The molecule has 1 fully saturated rings. The molecule has 4 rings (SSSR count). The summed E-state index contributed by atoms with van der Waals surface area (Å²) in [6.07, 6.45) is 1.08. The third-order valence-corrected chi connectivity index (χ3v) is 4.82. The highest BCUT2D eigenvalue weighted by Crippen LogP contribution is 2.27. The lowest BCUT2D eigenvalue weighted by Crippen LogP contribution is -2.33. The monoisotopic (exact) mass is 426 g/mol. The third-order valence-electron chi connectivity index (χ3n) is 4.82. The number of amides is 1. The van der Waals surface area contributed by atoms with Crippen molar-refractivity contribution in [3.8, 4) is 0 Å². The van der Waals surface area contributed by atoms with Gasteiger partial charge < -0.3 is 15.8 Å². The molecule has 0 atom stereocenters. The highest BCUT2D eigenvalue weighted by atomic mass is 16.8. The first-order chi connectivity index (χ1) is 15.0. The second-order valence-corrected chi connectivity index (χ2v) is 7.18. The van der Waals surface area contributed by atoms with Gasteiger partial charge in [-0.05, 0) is 31.2 Å². The molecule has 2 heterocycles. The van der Waals surface area contributed by atoms with Crippen LogP contribution in [0.15, 0.2) is 35.1 Å². The van der Waals surface area contributed by atoms with Gasteiger partial charge in [0.05, 0.1) is 13.2 Å². The first-order valence-electron chi connectivity index (χ1n) is 9.94. The minimum Gasteiger partial charge on any atom is -0.433 e. The van der Waals surface area contributed by atoms with E-state index < -0.39 is 17.8 Å². The van der Waals surface area contributed by atoms with E-state index in [-0.39, 0.29) is 36.0 Å². The average molecular weight is 426 g/mol. The van der Waals surface area contributed by atoms with Crippen molar-refractivity contribution in [3.63, 3.8) is 0 Å². The number of imidazole rings is 1. The standard InChI is InChI=1S/C20H22N6O5/c1-2-30-20(29)31-26-14-15(21)23-16(18(27)22-10-12-8-9-12)24-17(14)25(19(26)28)11-13-6-4-3-5-7-13/h3-7,12H,2,8-11H2,1H3,(H,22,27)(H2,21,23,24). The van der Waals surface area contributed by atoms with Crippen molar-refractivity contribution in [2.75, 3.05) is 18.9 Å². The number of carbonyl (C=O) groups excluding carboxylic acids is 2. The van der Waals surface area contributed by atoms with Gasteiger partial charge in [0.15, 0.2) is 17.0 Å². The minimum atomic E-state index is -1.07. The minimum absolute atomic E-state index is 0.0206. The van der Waals surface area contributed by atoms with Gasteiger partial charge >= 0.3 is 11.8 Å². The van der Waals surface area contributed by atoms with Crippen molar-refractivity contribution in [2.24, 2.45) is 5.92 Å². The van der Waals surface area contributed by atoms with E-state index in [9.17, 15) is 14.4 Å². The van der Waals surface area contributed by atoms with E-state index >= 15 is 0 Å². The van der Waals surface area contributed by atoms with Crippen LogP contribution in [-0.4, -0.2) is 44.5 Å². The van der Waals surface area contributed by atoms with E-state index in [0.29, 0.717) is 17.2 Å². The number of nitrogen functional groups attached to an aromatic ring is 1. The molecule has 1 aromatic carbocycles. The van der Waals surface area contributed by atoms with Crippen molar-refractivity contribution in [3.05, 3.63) is 52.2 Å². The number of anilines is 1. The highest BCUT2D eigenvalue weighted by Gasteiger charge is 2.26. The van der Waals surface area contributed by atoms with Crippen molar-refractivity contribution >= 4 is 29.0 Å². The molecule has 11 nitrogen and oxygen atoms in total. The van der Waals surface area contributed by atoms with Crippen molar-refractivity contribution in [2.45, 2.75) is 26.3 Å². The molecule has 2 aromatic heterocycles. The predicted octanol–water partition coefficient (Wildman–Crippen LogP) is 0.948. The maximum Gasteiger partial charge on any atom is 0.533 e. The molecule has 0 spiro atoms. The molecule has 1 saturated carbocycles. The van der Waals surface area contributed by atoms with Crippen molar-refractivity contribution in [1.82, 2.24) is 24.6 Å². The molecule has 1 amide bonds. The smallest absolute Gasteiger partial charge is 0.433 e. The number of carbonyl (C=O) groups is 2. The van der Waals surface area contributed by atoms with Crippen LogP contribution in [0.1, 0.15) is 35.9 Å². The Bertz CT molecular complexity index is 1180. The quantitative estimate of drug-likeness (QED) is 0.532. The second-order valence-electron chi connectivity index (χ2n) is 7.18. The van der Waals surface area contributed by atoms with Crippen LogP contribution in [0.25, 0.3) is 11.2 Å². The third kappa shape index (κ3) is 4.34. The van der Waals surface area contributed by atoms with Gasteiger partial charge in [0.25, 0.3) is 5.91 Å². The Balaban J connectivity index is 1.79. The fraction of sp³-hybridized carbons (Fsp3) is 0.350. The number of nitrogens with zero attached hydrogens (tertiary/aromatic N) is 4. The number of fused-ring (bicyclic) bond motifs is 1. The fourth-order valence-electron chi connectivity index (χ4n) is 3.09. The number of hydrogen-bond acceptors (Lipinski definition) is 8. The van der Waals surface area contributed by atoms with Crippen LogP contribution >= 0.6 is 0 Å². The first kappa shape index (κ1) is 20.4. The molecule has 3 aromatic rings. The molecule has 0 bridgehead atoms. The summed E-state index contributed by atoms with van der Waals surface area (Å²) >= 11 is 0. The maximum atomic E-state index is 13.1. The number of rotatable bonds is 7. The van der Waals surface area contributed by atoms with E-state index in [0.717, 1.165) is 18.4 Å². The number of benzene rings is 1. The van der Waals surface area contributed by atoms with Crippen LogP contribution in [-0.2, 0) is 11.3 Å². The Morgan fingerprint density at radius 1 is 1.23 bits per heavy atom. The maximum absolute atomic E-state index is 13.1. The second kappa shape index (κ2) is 8.46. The zero-order chi connectivity index (χ0) is 22.0. The number of hydrogen-bond donors (Lipinski definition) is 2. The molecular formula is C20H22N6O5. The SMILES string of the molecule is CCOC(=O)On1c(=O)n(Cc2ccccc2)c2nc(C(=O)NCC3CC3)nc(N)c21. The van der Waals surface area contributed by atoms with Crippen molar-refractivity contribution in [1.29, 1.82) is 0 Å². The van der Waals surface area contributed by atoms with Crippen molar-refractivity contribution < 1.29 is 19.2 Å². The molecule has 0 saturated heterocycles. The van der Waals surface area contributed by atoms with E-state index in [1.54, 1.807) is 6.92 Å². The molecule has 3 N–H and O–H groups in total. The highest BCUT2D eigenvalue weighted by molar-refractivity contribution is 5.94. The van der Waals surface area contributed by atoms with Gasteiger partial charge in [0.1, 0.15) is 0 Å². The zero-order valence-corrected chi connectivity index (χ0v) is 16.9. The van der Waals surface area contributed by atoms with Crippen LogP contribution < -0.4 is 21.6 Å². The van der Waals surface area contributed by atoms with Gasteiger partial charge in [0, 0.05) is 6.54 Å². The van der Waals surface area contributed by atoms with Gasteiger partial charge in [-0.2, -0.15) is 0 Å². The number of nitrogens with one attached hydrogen (secondary N) is 1. The predicted molar refractivity (Wildman–Crippen MR) is 110 cm³/mol. The Kier molecular flexibility index (Phi) is 5.56. The molecule has 162 valence electrons. The van der Waals surface area contributed by atoms with E-state index in [4.69, 9.17) is 15.3 Å². The molecule has 0 aliphatic heterocycles. The van der Waals surface area contributed by atoms with Crippen LogP contribution in [0.5, 0.6) is 0 Å². The summed E-state index contributed by atoms with van der Waals surface area (Å²) in [6.45, 7) is 2.32. The van der Waals surface area contributed by atoms with Crippen LogP contribution in [0.2, 0.25) is 0 Å². The number of nitrogens with two attached hydrogens (primary N) is 1. The summed E-state index contributed by atoms with van der Waals surface area (Å²) in [4.78, 5) is 50.8.